The summed E-state index contributed by atoms with van der Waals surface area (Å²) >= 11 is 0. The third-order valence-electron chi connectivity index (χ3n) is 4.12. The lowest BCUT2D eigenvalue weighted by Crippen LogP contribution is -2.25. The van der Waals surface area contributed by atoms with Gasteiger partial charge in [0.15, 0.2) is 11.5 Å². The maximum absolute atomic E-state index is 12.2. The normalized spacial score (nSPS) is 10.8. The Labute approximate surface area is 155 Å². The van der Waals surface area contributed by atoms with Gasteiger partial charge in [-0.05, 0) is 18.6 Å². The van der Waals surface area contributed by atoms with Gasteiger partial charge in [-0.3, -0.25) is 4.79 Å². The summed E-state index contributed by atoms with van der Waals surface area (Å²) in [7, 11) is 0. The smallest absolute Gasteiger partial charge is 0.273 e. The van der Waals surface area contributed by atoms with Crippen molar-refractivity contribution in [1.82, 2.24) is 20.0 Å². The van der Waals surface area contributed by atoms with Gasteiger partial charge in [-0.25, -0.2) is 4.98 Å². The molecule has 1 aromatic carbocycles. The minimum Gasteiger partial charge on any atom is -0.461 e. The minimum absolute atomic E-state index is 0.231. The SMILES string of the molecule is O=C(NCCCn1ccnc1-c1ccccc1)c1cc(-c2ccco2)on1. The van der Waals surface area contributed by atoms with Gasteiger partial charge >= 0.3 is 0 Å². The average molecular weight is 362 g/mol. The van der Waals surface area contributed by atoms with Crippen molar-refractivity contribution < 1.29 is 13.7 Å². The van der Waals surface area contributed by atoms with Crippen LogP contribution in [0.4, 0.5) is 0 Å². The molecule has 0 spiro atoms. The number of nitrogens with zero attached hydrogens (tertiary/aromatic N) is 3. The molecule has 7 heteroatoms. The topological polar surface area (TPSA) is 86.1 Å². The lowest BCUT2D eigenvalue weighted by Gasteiger charge is -2.08. The Bertz CT molecular complexity index is 1000. The van der Waals surface area contributed by atoms with Crippen LogP contribution in [0.25, 0.3) is 22.9 Å². The quantitative estimate of drug-likeness (QED) is 0.508. The Hall–Kier alpha value is -3.61. The summed E-state index contributed by atoms with van der Waals surface area (Å²) in [6.07, 6.45) is 6.03. The van der Waals surface area contributed by atoms with Crippen LogP contribution in [0.15, 0.2) is 76.1 Å². The van der Waals surface area contributed by atoms with Crippen LogP contribution < -0.4 is 5.32 Å². The highest BCUT2D eigenvalue weighted by molar-refractivity contribution is 5.92. The molecule has 0 aliphatic carbocycles. The van der Waals surface area contributed by atoms with Gasteiger partial charge in [0, 0.05) is 37.1 Å². The van der Waals surface area contributed by atoms with E-state index < -0.39 is 0 Å². The highest BCUT2D eigenvalue weighted by atomic mass is 16.5. The number of aromatic nitrogens is 3. The molecule has 0 aliphatic heterocycles. The second-order valence-electron chi connectivity index (χ2n) is 5.97. The predicted octanol–water partition coefficient (Wildman–Crippen LogP) is 3.62. The zero-order valence-corrected chi connectivity index (χ0v) is 14.5. The summed E-state index contributed by atoms with van der Waals surface area (Å²) in [5.74, 6) is 1.61. The van der Waals surface area contributed by atoms with Gasteiger partial charge < -0.3 is 18.8 Å². The van der Waals surface area contributed by atoms with Crippen molar-refractivity contribution in [3.05, 3.63) is 72.9 Å². The molecular weight excluding hydrogens is 344 g/mol. The lowest BCUT2D eigenvalue weighted by atomic mass is 10.2. The number of carbonyl (C=O) groups is 1. The van der Waals surface area contributed by atoms with E-state index in [1.165, 1.54) is 6.26 Å². The third kappa shape index (κ3) is 3.82. The van der Waals surface area contributed by atoms with E-state index >= 15 is 0 Å². The molecule has 4 aromatic rings. The molecule has 3 aromatic heterocycles. The van der Waals surface area contributed by atoms with E-state index in [9.17, 15) is 4.79 Å². The lowest BCUT2D eigenvalue weighted by molar-refractivity contribution is 0.0943. The highest BCUT2D eigenvalue weighted by Gasteiger charge is 2.14. The predicted molar refractivity (Wildman–Crippen MR) is 98.8 cm³/mol. The standard InChI is InChI=1S/C20H18N4O3/c25-20(16-14-18(27-23-16)17-8-4-13-26-17)22-9-5-11-24-12-10-21-19(24)15-6-2-1-3-7-15/h1-4,6-8,10,12-14H,5,9,11H2,(H,22,25). The molecule has 27 heavy (non-hydrogen) atoms. The van der Waals surface area contributed by atoms with Crippen molar-refractivity contribution in [3.63, 3.8) is 0 Å². The van der Waals surface area contributed by atoms with Crippen LogP contribution in [0.5, 0.6) is 0 Å². The van der Waals surface area contributed by atoms with Crippen LogP contribution in [0.1, 0.15) is 16.9 Å². The van der Waals surface area contributed by atoms with Gasteiger partial charge in [0.25, 0.3) is 5.91 Å². The fourth-order valence-corrected chi connectivity index (χ4v) is 2.80. The number of carbonyl (C=O) groups excluding carboxylic acids is 1. The van der Waals surface area contributed by atoms with Crippen molar-refractivity contribution >= 4 is 5.91 Å². The van der Waals surface area contributed by atoms with E-state index in [2.05, 4.69) is 20.0 Å². The molecule has 4 rings (SSSR count). The second kappa shape index (κ2) is 7.74. The first-order valence-corrected chi connectivity index (χ1v) is 8.66. The Morgan fingerprint density at radius 3 is 2.81 bits per heavy atom. The van der Waals surface area contributed by atoms with Crippen molar-refractivity contribution in [2.45, 2.75) is 13.0 Å². The summed E-state index contributed by atoms with van der Waals surface area (Å²) in [5, 5.41) is 6.65. The Morgan fingerprint density at radius 1 is 1.11 bits per heavy atom. The zero-order valence-electron chi connectivity index (χ0n) is 14.5. The number of benzene rings is 1. The minimum atomic E-state index is -0.273. The number of hydrogen-bond acceptors (Lipinski definition) is 5. The number of imidazole rings is 1. The molecule has 0 saturated heterocycles. The van der Waals surface area contributed by atoms with Crippen LogP contribution >= 0.6 is 0 Å². The molecule has 0 fully saturated rings. The number of amides is 1. The maximum Gasteiger partial charge on any atom is 0.273 e. The number of aryl methyl sites for hydroxylation is 1. The first kappa shape index (κ1) is 16.8. The van der Waals surface area contributed by atoms with Crippen molar-refractivity contribution in [2.24, 2.45) is 0 Å². The van der Waals surface area contributed by atoms with Crippen molar-refractivity contribution in [3.8, 4) is 22.9 Å². The van der Waals surface area contributed by atoms with Crippen LogP contribution in [-0.4, -0.2) is 27.2 Å². The highest BCUT2D eigenvalue weighted by Crippen LogP contribution is 2.20. The molecule has 7 nitrogen and oxygen atoms in total. The van der Waals surface area contributed by atoms with Crippen LogP contribution in [0, 0.1) is 0 Å². The molecule has 0 radical (unpaired) electrons. The van der Waals surface area contributed by atoms with Gasteiger partial charge in [-0.1, -0.05) is 35.5 Å². The summed E-state index contributed by atoms with van der Waals surface area (Å²) in [5.41, 5.74) is 1.30. The van der Waals surface area contributed by atoms with Gasteiger partial charge in [-0.15, -0.1) is 0 Å². The fraction of sp³-hybridized carbons (Fsp3) is 0.150. The first-order valence-electron chi connectivity index (χ1n) is 8.66. The molecule has 0 atom stereocenters. The second-order valence-corrected chi connectivity index (χ2v) is 5.97. The average Bonchev–Trinajstić information content (AvgIpc) is 3.46. The Morgan fingerprint density at radius 2 is 2.00 bits per heavy atom. The maximum atomic E-state index is 12.2. The van der Waals surface area contributed by atoms with E-state index in [4.69, 9.17) is 8.94 Å². The number of hydrogen-bond donors (Lipinski definition) is 1. The van der Waals surface area contributed by atoms with E-state index in [0.29, 0.717) is 18.1 Å². The van der Waals surface area contributed by atoms with E-state index in [-0.39, 0.29) is 11.6 Å². The fourth-order valence-electron chi connectivity index (χ4n) is 2.80. The number of rotatable bonds is 7. The Balaban J connectivity index is 1.30. The largest absolute Gasteiger partial charge is 0.461 e. The summed E-state index contributed by atoms with van der Waals surface area (Å²) in [4.78, 5) is 16.6. The monoisotopic (exact) mass is 362 g/mol. The molecule has 0 unspecified atom stereocenters. The van der Waals surface area contributed by atoms with Gasteiger partial charge in [0.1, 0.15) is 5.82 Å². The van der Waals surface area contributed by atoms with Crippen molar-refractivity contribution in [2.75, 3.05) is 6.54 Å². The third-order valence-corrected chi connectivity index (χ3v) is 4.12. The summed E-state index contributed by atoms with van der Waals surface area (Å²) in [6.45, 7) is 1.27. The van der Waals surface area contributed by atoms with Crippen LogP contribution in [0.2, 0.25) is 0 Å². The van der Waals surface area contributed by atoms with Gasteiger partial charge in [0.2, 0.25) is 5.76 Å². The zero-order chi connectivity index (χ0) is 18.5. The van der Waals surface area contributed by atoms with Crippen LogP contribution in [0.3, 0.4) is 0 Å². The Kier molecular flexibility index (Phi) is 4.82. The molecular formula is C20H18N4O3. The van der Waals surface area contributed by atoms with E-state index in [1.54, 1.807) is 24.4 Å². The van der Waals surface area contributed by atoms with Crippen molar-refractivity contribution in [1.29, 1.82) is 0 Å². The first-order chi connectivity index (χ1) is 13.3. The van der Waals surface area contributed by atoms with E-state index in [1.807, 2.05) is 36.5 Å². The van der Waals surface area contributed by atoms with Gasteiger partial charge in [-0.2, -0.15) is 0 Å². The molecule has 136 valence electrons. The number of furan rings is 1. The molecule has 0 saturated carbocycles. The number of nitrogens with one attached hydrogen (secondary N) is 1. The molecule has 1 amide bonds. The van der Waals surface area contributed by atoms with E-state index in [0.717, 1.165) is 24.4 Å². The molecule has 1 N–H and O–H groups in total. The molecule has 0 bridgehead atoms. The van der Waals surface area contributed by atoms with Crippen LogP contribution in [-0.2, 0) is 6.54 Å². The molecule has 3 heterocycles. The molecule has 0 aliphatic rings. The summed E-state index contributed by atoms with van der Waals surface area (Å²) in [6, 6.07) is 15.1. The van der Waals surface area contributed by atoms with Gasteiger partial charge in [0.05, 0.1) is 6.26 Å². The summed E-state index contributed by atoms with van der Waals surface area (Å²) < 4.78 is 12.4.